The minimum Gasteiger partial charge on any atom is -1.00 e. The van der Waals surface area contributed by atoms with Crippen LogP contribution in [0.2, 0.25) is 5.02 Å². The molecule has 1 unspecified atom stereocenters. The molecular formula is C20H28BrClN3P. The van der Waals surface area contributed by atoms with Crippen LogP contribution in [0.1, 0.15) is 39.2 Å². The Morgan fingerprint density at radius 3 is 2.23 bits per heavy atom. The highest BCUT2D eigenvalue weighted by Crippen LogP contribution is 2.70. The summed E-state index contributed by atoms with van der Waals surface area (Å²) in [7, 11) is -1.85. The lowest BCUT2D eigenvalue weighted by Gasteiger charge is -2.43. The van der Waals surface area contributed by atoms with Gasteiger partial charge in [-0.2, -0.15) is 4.67 Å². The fraction of sp³-hybridized carbons (Fsp3) is 0.450. The highest BCUT2D eigenvalue weighted by molar-refractivity contribution is 7.83. The molecule has 3 rings (SSSR count). The van der Waals surface area contributed by atoms with Gasteiger partial charge in [-0.15, -0.1) is 0 Å². The first kappa shape index (κ1) is 21.6. The second-order valence-electron chi connectivity index (χ2n) is 7.75. The second kappa shape index (κ2) is 8.56. The molecule has 0 radical (unpaired) electrons. The third kappa shape index (κ3) is 4.09. The van der Waals surface area contributed by atoms with E-state index in [-0.39, 0.29) is 22.1 Å². The van der Waals surface area contributed by atoms with Gasteiger partial charge in [0.05, 0.1) is 5.69 Å². The minimum atomic E-state index is -1.85. The van der Waals surface area contributed by atoms with Crippen molar-refractivity contribution in [3.63, 3.8) is 0 Å². The number of anilines is 1. The third-order valence-corrected chi connectivity index (χ3v) is 10.2. The van der Waals surface area contributed by atoms with Gasteiger partial charge < -0.3 is 17.0 Å². The Bertz CT molecular complexity index is 730. The van der Waals surface area contributed by atoms with Gasteiger partial charge in [-0.3, -0.25) is 4.98 Å². The number of nitrogens with zero attached hydrogens (tertiary/aromatic N) is 2. The maximum absolute atomic E-state index is 6.41. The fourth-order valence-corrected chi connectivity index (χ4v) is 8.38. The SMILES string of the molecule is Cc1ccc(N[P+](c2ccncc2)(N2CCCC2)C(C)(C)C)cc1Cl.[Br-]. The summed E-state index contributed by atoms with van der Waals surface area (Å²) in [4.78, 5) is 4.25. The average molecular weight is 457 g/mol. The van der Waals surface area contributed by atoms with Gasteiger partial charge in [0.1, 0.15) is 10.5 Å². The Balaban J connectivity index is 0.00000243. The quantitative estimate of drug-likeness (QED) is 0.717. The number of aryl methyl sites for hydroxylation is 1. The number of aromatic nitrogens is 1. The van der Waals surface area contributed by atoms with E-state index in [4.69, 9.17) is 11.6 Å². The highest BCUT2D eigenvalue weighted by Gasteiger charge is 2.58. The molecule has 0 amide bonds. The van der Waals surface area contributed by atoms with Crippen LogP contribution in [0.15, 0.2) is 42.7 Å². The van der Waals surface area contributed by atoms with E-state index in [1.54, 1.807) is 0 Å². The van der Waals surface area contributed by atoms with E-state index in [1.807, 2.05) is 19.3 Å². The maximum Gasteiger partial charge on any atom is 0.209 e. The zero-order valence-corrected chi connectivity index (χ0v) is 19.2. The van der Waals surface area contributed by atoms with E-state index in [0.717, 1.165) is 29.4 Å². The number of benzene rings is 1. The van der Waals surface area contributed by atoms with Gasteiger partial charge in [0.25, 0.3) is 0 Å². The fourth-order valence-electron chi connectivity index (χ4n) is 3.69. The summed E-state index contributed by atoms with van der Waals surface area (Å²) in [6.07, 6.45) is 6.35. The lowest BCUT2D eigenvalue weighted by atomic mass is 10.2. The van der Waals surface area contributed by atoms with Crippen LogP contribution in [0.25, 0.3) is 0 Å². The van der Waals surface area contributed by atoms with Crippen LogP contribution < -0.4 is 27.4 Å². The Kier molecular flexibility index (Phi) is 7.12. The predicted molar refractivity (Wildman–Crippen MR) is 111 cm³/mol. The summed E-state index contributed by atoms with van der Waals surface area (Å²) in [5.74, 6) is 0. The number of pyridine rings is 1. The van der Waals surface area contributed by atoms with E-state index in [2.05, 4.69) is 65.8 Å². The van der Waals surface area contributed by atoms with Crippen molar-refractivity contribution in [2.45, 2.75) is 45.7 Å². The number of halogens is 2. The molecule has 0 spiro atoms. The van der Waals surface area contributed by atoms with Gasteiger partial charge >= 0.3 is 0 Å². The Morgan fingerprint density at radius 1 is 1.08 bits per heavy atom. The zero-order chi connectivity index (χ0) is 18.1. The van der Waals surface area contributed by atoms with Gasteiger partial charge in [0.2, 0.25) is 7.56 Å². The molecule has 1 N–H and O–H groups in total. The zero-order valence-electron chi connectivity index (χ0n) is 16.0. The first-order chi connectivity index (χ1) is 11.8. The van der Waals surface area contributed by atoms with Crippen LogP contribution in [0, 0.1) is 6.92 Å². The molecule has 6 heteroatoms. The Morgan fingerprint density at radius 2 is 1.69 bits per heavy atom. The molecule has 1 saturated heterocycles. The summed E-state index contributed by atoms with van der Waals surface area (Å²) < 4.78 is 2.69. The molecule has 1 fully saturated rings. The molecule has 3 nitrogen and oxygen atoms in total. The van der Waals surface area contributed by atoms with Gasteiger partial charge in [0.15, 0.2) is 0 Å². The van der Waals surface area contributed by atoms with Gasteiger partial charge in [0, 0.05) is 42.6 Å². The van der Waals surface area contributed by atoms with Crippen LogP contribution >= 0.6 is 19.2 Å². The van der Waals surface area contributed by atoms with E-state index in [9.17, 15) is 0 Å². The number of hydrogen-bond acceptors (Lipinski definition) is 3. The normalized spacial score (nSPS) is 17.4. The third-order valence-electron chi connectivity index (χ3n) is 4.98. The summed E-state index contributed by atoms with van der Waals surface area (Å²) in [5.41, 5.74) is 2.21. The monoisotopic (exact) mass is 455 g/mol. The smallest absolute Gasteiger partial charge is 0.209 e. The van der Waals surface area contributed by atoms with Crippen LogP contribution in [-0.4, -0.2) is 27.9 Å². The number of hydrogen-bond donors (Lipinski definition) is 1. The molecule has 142 valence electrons. The molecule has 1 aliphatic heterocycles. The van der Waals surface area contributed by atoms with Crippen molar-refractivity contribution >= 4 is 30.2 Å². The molecule has 1 aromatic carbocycles. The molecule has 2 heterocycles. The second-order valence-corrected chi connectivity index (χ2v) is 12.1. The average Bonchev–Trinajstić information content (AvgIpc) is 3.10. The molecule has 1 atom stereocenters. The van der Waals surface area contributed by atoms with Crippen molar-refractivity contribution in [2.24, 2.45) is 0 Å². The van der Waals surface area contributed by atoms with E-state index in [1.165, 1.54) is 18.1 Å². The molecule has 0 saturated carbocycles. The number of nitrogens with one attached hydrogen (secondary N) is 1. The van der Waals surface area contributed by atoms with Crippen molar-refractivity contribution in [3.8, 4) is 0 Å². The van der Waals surface area contributed by atoms with Crippen LogP contribution in [0.5, 0.6) is 0 Å². The van der Waals surface area contributed by atoms with Gasteiger partial charge in [-0.05, 0) is 58.2 Å². The molecular weight excluding hydrogens is 429 g/mol. The van der Waals surface area contributed by atoms with E-state index < -0.39 is 7.56 Å². The lowest BCUT2D eigenvalue weighted by molar-refractivity contribution is -0.00000546. The minimum absolute atomic E-state index is 0. The van der Waals surface area contributed by atoms with Crippen LogP contribution in [-0.2, 0) is 0 Å². The molecule has 1 aromatic heterocycles. The summed E-state index contributed by atoms with van der Waals surface area (Å²) >= 11 is 6.41. The summed E-state index contributed by atoms with van der Waals surface area (Å²) in [5, 5.41) is 6.23. The van der Waals surface area contributed by atoms with Crippen LogP contribution in [0.3, 0.4) is 0 Å². The van der Waals surface area contributed by atoms with E-state index in [0.29, 0.717) is 0 Å². The molecule has 1 aliphatic rings. The molecule has 0 bridgehead atoms. The largest absolute Gasteiger partial charge is 1.00 e. The van der Waals surface area contributed by atoms with Crippen molar-refractivity contribution in [1.29, 1.82) is 0 Å². The van der Waals surface area contributed by atoms with Crippen molar-refractivity contribution in [1.82, 2.24) is 9.65 Å². The molecule has 26 heavy (non-hydrogen) atoms. The first-order valence-electron chi connectivity index (χ1n) is 8.94. The first-order valence-corrected chi connectivity index (χ1v) is 11.1. The Labute approximate surface area is 173 Å². The Hall–Kier alpha value is -0.670. The van der Waals surface area contributed by atoms with Gasteiger partial charge in [-0.1, -0.05) is 17.7 Å². The van der Waals surface area contributed by atoms with E-state index >= 15 is 0 Å². The summed E-state index contributed by atoms with van der Waals surface area (Å²) in [6.45, 7) is 11.4. The maximum atomic E-state index is 6.41. The predicted octanol–water partition coefficient (Wildman–Crippen LogP) is 2.53. The van der Waals surface area contributed by atoms with Crippen molar-refractivity contribution in [3.05, 3.63) is 53.3 Å². The summed E-state index contributed by atoms with van der Waals surface area (Å²) in [6, 6.07) is 10.7. The number of rotatable bonds is 4. The highest BCUT2D eigenvalue weighted by atomic mass is 79.9. The lowest BCUT2D eigenvalue weighted by Crippen LogP contribution is -3.00. The standard InChI is InChI=1S/C20H28ClN3P.BrH/c1-16-7-8-17(15-19(16)21)23-25(20(2,3)4,24-13-5-6-14-24)18-9-11-22-12-10-18;/h7-12,15,23H,5-6,13-14H2,1-4H3;1H/q+1;/p-1. The van der Waals surface area contributed by atoms with Crippen molar-refractivity contribution in [2.75, 3.05) is 18.2 Å². The van der Waals surface area contributed by atoms with Crippen molar-refractivity contribution < 1.29 is 17.0 Å². The molecule has 2 aromatic rings. The molecule has 0 aliphatic carbocycles. The van der Waals surface area contributed by atoms with Crippen LogP contribution in [0.4, 0.5) is 5.69 Å². The van der Waals surface area contributed by atoms with Gasteiger partial charge in [-0.25, -0.2) is 5.09 Å². The topological polar surface area (TPSA) is 28.2 Å².